The van der Waals surface area contributed by atoms with E-state index in [2.05, 4.69) is 59.5 Å². The van der Waals surface area contributed by atoms with Crippen LogP contribution in [0.1, 0.15) is 52.2 Å². The molecule has 26 nitrogen and oxygen atoms in total. The van der Waals surface area contributed by atoms with E-state index in [1.165, 1.54) is 0 Å². The molecule has 7 heterocycles. The summed E-state index contributed by atoms with van der Waals surface area (Å²) < 4.78 is 43.8. The molecule has 0 spiro atoms. The van der Waals surface area contributed by atoms with Gasteiger partial charge in [0.2, 0.25) is 5.91 Å². The van der Waals surface area contributed by atoms with Crippen molar-refractivity contribution in [3.8, 4) is 68.3 Å². The van der Waals surface area contributed by atoms with Gasteiger partial charge >= 0.3 is 0 Å². The summed E-state index contributed by atoms with van der Waals surface area (Å²) in [5.74, 6) is 4.01. The highest BCUT2D eigenvalue weighted by atomic mass is 16.5. The average molecular weight is 1370 g/mol. The number of anilines is 6. The Bertz CT molecular complexity index is 4700. The molecule has 12 aromatic rings. The first-order valence-electron chi connectivity index (χ1n) is 33.2. The van der Waals surface area contributed by atoms with Crippen molar-refractivity contribution in [3.05, 3.63) is 165 Å². The number of nitrogens with zero attached hydrogens (tertiary/aromatic N) is 15. The zero-order valence-electron chi connectivity index (χ0n) is 58.4. The molecule has 13 rings (SSSR count). The van der Waals surface area contributed by atoms with Crippen LogP contribution in [0.3, 0.4) is 0 Å². The minimum atomic E-state index is -0.504. The maximum atomic E-state index is 11.6. The number of rotatable bonds is 25. The van der Waals surface area contributed by atoms with Crippen molar-refractivity contribution in [2.75, 3.05) is 97.3 Å². The molecule has 3 N–H and O–H groups in total. The molecule has 1 amide bonds. The van der Waals surface area contributed by atoms with Crippen LogP contribution in [-0.2, 0) is 23.1 Å². The second-order valence-corrected chi connectivity index (χ2v) is 23.7. The summed E-state index contributed by atoms with van der Waals surface area (Å²) in [6, 6.07) is 35.0. The van der Waals surface area contributed by atoms with Gasteiger partial charge in [-0.05, 0) is 86.7 Å². The number of aryl methyl sites for hydroxylation is 1. The lowest BCUT2D eigenvalue weighted by Gasteiger charge is -2.28. The maximum Gasteiger partial charge on any atom is 0.241 e. The highest BCUT2D eigenvalue weighted by Gasteiger charge is 2.22. The van der Waals surface area contributed by atoms with Crippen molar-refractivity contribution in [2.45, 2.75) is 64.8 Å². The van der Waals surface area contributed by atoms with Gasteiger partial charge in [0.25, 0.3) is 0 Å². The van der Waals surface area contributed by atoms with Gasteiger partial charge in [-0.15, -0.1) is 0 Å². The maximum absolute atomic E-state index is 11.6. The fourth-order valence-corrected chi connectivity index (χ4v) is 11.5. The largest absolute Gasteiger partial charge is 0.497 e. The van der Waals surface area contributed by atoms with Gasteiger partial charge in [-0.3, -0.25) is 29.1 Å². The van der Waals surface area contributed by atoms with E-state index >= 15 is 0 Å². The molecule has 0 radical (unpaired) electrons. The fraction of sp³-hybridized carbons (Fsp3) is 0.307. The molecular formula is C75H84N16O10. The van der Waals surface area contributed by atoms with Crippen molar-refractivity contribution < 1.29 is 48.2 Å². The molecule has 0 bridgehead atoms. The number of aromatic nitrogens is 12. The van der Waals surface area contributed by atoms with Crippen LogP contribution >= 0.6 is 0 Å². The number of carbonyl (C=O) groups is 1. The van der Waals surface area contributed by atoms with E-state index in [-0.39, 0.29) is 25.3 Å². The second kappa shape index (κ2) is 33.4. The second-order valence-electron chi connectivity index (χ2n) is 23.7. The first-order valence-corrected chi connectivity index (χ1v) is 33.2. The zero-order valence-corrected chi connectivity index (χ0v) is 58.4. The Labute approximate surface area is 585 Å². The summed E-state index contributed by atoms with van der Waals surface area (Å²) in [7, 11) is 13.2. The molecule has 26 heteroatoms. The summed E-state index contributed by atoms with van der Waals surface area (Å²) in [4.78, 5) is 46.1. The predicted octanol–water partition coefficient (Wildman–Crippen LogP) is 12.1. The van der Waals surface area contributed by atoms with Crippen LogP contribution in [0, 0.1) is 0 Å². The number of likely N-dealkylation sites (N-methyl/N-ethyl adjacent to an activating group) is 1. The molecule has 0 saturated carbocycles. The topological polar surface area (TPSA) is 275 Å². The lowest BCUT2D eigenvalue weighted by Crippen LogP contribution is -2.28. The molecule has 1 aliphatic heterocycles. The van der Waals surface area contributed by atoms with Gasteiger partial charge in [-0.25, -0.2) is 19.6 Å². The van der Waals surface area contributed by atoms with E-state index in [0.717, 1.165) is 140 Å². The third-order valence-electron chi connectivity index (χ3n) is 17.0. The van der Waals surface area contributed by atoms with E-state index in [9.17, 15) is 15.0 Å². The van der Waals surface area contributed by atoms with Crippen LogP contribution in [0.15, 0.2) is 165 Å². The van der Waals surface area contributed by atoms with Crippen LogP contribution in [0.25, 0.3) is 66.9 Å². The number of nitrogens with one attached hydrogen (secondary N) is 1. The van der Waals surface area contributed by atoms with E-state index in [1.54, 1.807) is 96.1 Å². The molecule has 1 fully saturated rings. The Balaban J connectivity index is 0.000000153. The van der Waals surface area contributed by atoms with Crippen molar-refractivity contribution in [3.63, 3.8) is 0 Å². The smallest absolute Gasteiger partial charge is 0.241 e. The van der Waals surface area contributed by atoms with Crippen LogP contribution in [-0.4, -0.2) is 164 Å². The number of aliphatic hydroxyl groups is 2. The third-order valence-corrected chi connectivity index (χ3v) is 17.0. The highest BCUT2D eigenvalue weighted by Crippen LogP contribution is 2.39. The predicted molar refractivity (Wildman–Crippen MR) is 389 cm³/mol. The van der Waals surface area contributed by atoms with Crippen molar-refractivity contribution >= 4 is 73.1 Å². The van der Waals surface area contributed by atoms with E-state index in [1.807, 2.05) is 144 Å². The molecule has 1 aliphatic rings. The number of ether oxygens (including phenoxy) is 7. The van der Waals surface area contributed by atoms with Crippen molar-refractivity contribution in [1.29, 1.82) is 0 Å². The Hall–Kier alpha value is -11.5. The summed E-state index contributed by atoms with van der Waals surface area (Å²) in [6.45, 7) is 6.60. The lowest BCUT2D eigenvalue weighted by atomic mass is 10.1. The van der Waals surface area contributed by atoms with Crippen LogP contribution in [0.2, 0.25) is 0 Å². The number of hydrogen-bond donors (Lipinski definition) is 3. The number of hydrogen-bond acceptors (Lipinski definition) is 22. The van der Waals surface area contributed by atoms with E-state index in [0.29, 0.717) is 53.7 Å². The molecule has 6 aromatic heterocycles. The molecule has 2 unspecified atom stereocenters. The Kier molecular flexibility index (Phi) is 23.4. The van der Waals surface area contributed by atoms with Crippen LogP contribution < -0.4 is 48.4 Å². The first kappa shape index (κ1) is 70.8. The van der Waals surface area contributed by atoms with Gasteiger partial charge in [-0.2, -0.15) is 15.3 Å². The molecule has 1 saturated heterocycles. The minimum Gasteiger partial charge on any atom is -0.497 e. The number of fused-ring (bicyclic) bond motifs is 3. The molecule has 2 atom stereocenters. The van der Waals surface area contributed by atoms with E-state index < -0.39 is 6.10 Å². The van der Waals surface area contributed by atoms with Crippen LogP contribution in [0.4, 0.5) is 34.1 Å². The fourth-order valence-electron chi connectivity index (χ4n) is 11.5. The molecular weight excluding hydrogens is 1280 g/mol. The van der Waals surface area contributed by atoms with Gasteiger partial charge < -0.3 is 63.4 Å². The normalized spacial score (nSPS) is 12.9. The Morgan fingerprint density at radius 3 is 1.39 bits per heavy atom. The summed E-state index contributed by atoms with van der Waals surface area (Å²) in [6.07, 6.45) is 20.5. The molecule has 6 aromatic carbocycles. The number of aliphatic hydroxyl groups excluding tert-OH is 2. The summed E-state index contributed by atoms with van der Waals surface area (Å²) in [5.41, 5.74) is 14.9. The van der Waals surface area contributed by atoms with Gasteiger partial charge in [0.1, 0.15) is 47.3 Å². The quantitative estimate of drug-likeness (QED) is 0.0479. The lowest BCUT2D eigenvalue weighted by molar-refractivity contribution is -0.121. The minimum absolute atomic E-state index is 0.0000227. The number of benzene rings is 6. The number of carbonyl (C=O) groups excluding carboxylic acids is 1. The Morgan fingerprint density at radius 2 is 0.970 bits per heavy atom. The zero-order chi connectivity index (χ0) is 70.9. The van der Waals surface area contributed by atoms with Crippen molar-refractivity contribution in [1.82, 2.24) is 64.6 Å². The van der Waals surface area contributed by atoms with Gasteiger partial charge in [0, 0.05) is 164 Å². The van der Waals surface area contributed by atoms with Crippen LogP contribution in [0.5, 0.6) is 34.5 Å². The molecule has 101 heavy (non-hydrogen) atoms. The summed E-state index contributed by atoms with van der Waals surface area (Å²) >= 11 is 0. The van der Waals surface area contributed by atoms with Crippen molar-refractivity contribution in [2.24, 2.45) is 7.05 Å². The summed E-state index contributed by atoms with van der Waals surface area (Å²) in [5, 5.41) is 35.8. The SMILES string of the molecule is CCC(O)CN(c1cc(OC)cc(OC)c1)c1ccc2ncc(-c3cnn(C)c3)nc2c1.CCCN(c1cc(OC)cc(OC)c1)c1ccc2ncc(-c3cnn(C4CCCCO4)c3)nc2c1.CNC(=O)Cn1cc(-c2cnc3ccc(N(CCO)c4cc(OC)cc(OC)c4)cc3n2)cn1. The average Bonchev–Trinajstić information content (AvgIpc) is 1.40. The number of amides is 1. The highest BCUT2D eigenvalue weighted by molar-refractivity contribution is 5.86. The number of methoxy groups -OCH3 is 6. The van der Waals surface area contributed by atoms with Gasteiger partial charge in [0.15, 0.2) is 0 Å². The van der Waals surface area contributed by atoms with Gasteiger partial charge in [0.05, 0.1) is 143 Å². The third kappa shape index (κ3) is 17.3. The van der Waals surface area contributed by atoms with E-state index in [4.69, 9.17) is 48.1 Å². The standard InChI is InChI=1S/C27H31N5O3.C24H26N6O4.C24H27N5O3/c1-4-10-31(21-12-22(33-2)15-23(13-21)34-3)20-8-9-24-25(14-20)30-26(17-28-24)19-16-29-32(18-19)27-7-5-6-11-35-27;1-25-24(32)15-29-14-16(12-27-29)23-13-26-21-5-4-17(10-22(21)28-23)30(6-7-31)18-8-19(33-2)11-20(9-18)34-3;1-5-19(30)15-29(18-8-20(31-3)11-21(9-18)32-4)17-6-7-22-23(10-17)27-24(13-25-22)16-12-26-28(2)14-16/h8-9,12-18,27H,4-7,10-11H2,1-3H3;4-5,8-14,31H,6-7,15H2,1-3H3,(H,25,32);6-14,19,30H,5,15H2,1-4H3. The Morgan fingerprint density at radius 1 is 0.535 bits per heavy atom. The monoisotopic (exact) mass is 1370 g/mol. The van der Waals surface area contributed by atoms with Gasteiger partial charge in [-0.1, -0.05) is 13.8 Å². The first-order chi connectivity index (χ1) is 49.2. The molecule has 524 valence electrons. The molecule has 0 aliphatic carbocycles.